The van der Waals surface area contributed by atoms with Crippen LogP contribution in [0, 0.1) is 0 Å². The Morgan fingerprint density at radius 3 is 2.71 bits per heavy atom. The molecule has 8 nitrogen and oxygen atoms in total. The molecule has 2 aliphatic heterocycles. The molecule has 0 aromatic carbocycles. The van der Waals surface area contributed by atoms with Gasteiger partial charge in [0.2, 0.25) is 10.0 Å². The maximum Gasteiger partial charge on any atom is 0.244 e. The molecule has 0 amide bonds. The standard InChI is InChI=1S/C14H21N3O5S2/c1-22-8-7-16-5-6-17(14-11-23(18,19)10-13(14)16)24(20,21)12-3-2-4-15-9-12/h2-4,9,13-14H,5-8,10-11H2,1H3/t13-,14+/m0/s1. The van der Waals surface area contributed by atoms with Crippen LogP contribution in [0.25, 0.3) is 0 Å². The van der Waals surface area contributed by atoms with Gasteiger partial charge in [0.25, 0.3) is 0 Å². The topological polar surface area (TPSA) is 96.9 Å². The van der Waals surface area contributed by atoms with E-state index in [-0.39, 0.29) is 29.0 Å². The fourth-order valence-electron chi connectivity index (χ4n) is 3.41. The third kappa shape index (κ3) is 3.33. The molecule has 2 aliphatic rings. The summed E-state index contributed by atoms with van der Waals surface area (Å²) in [5.74, 6) is -0.152. The summed E-state index contributed by atoms with van der Waals surface area (Å²) in [7, 11) is -5.44. The molecule has 0 radical (unpaired) electrons. The quantitative estimate of drug-likeness (QED) is 0.665. The van der Waals surface area contributed by atoms with Crippen molar-refractivity contribution >= 4 is 19.9 Å². The van der Waals surface area contributed by atoms with Gasteiger partial charge in [-0.25, -0.2) is 16.8 Å². The third-order valence-corrected chi connectivity index (χ3v) is 8.17. The molecule has 0 N–H and O–H groups in total. The second kappa shape index (κ2) is 6.68. The summed E-state index contributed by atoms with van der Waals surface area (Å²) in [6.07, 6.45) is 2.80. The number of ether oxygens (including phenoxy) is 1. The van der Waals surface area contributed by atoms with Gasteiger partial charge in [-0.05, 0) is 12.1 Å². The summed E-state index contributed by atoms with van der Waals surface area (Å²) in [5, 5.41) is 0. The number of methoxy groups -OCH3 is 1. The first-order valence-corrected chi connectivity index (χ1v) is 11.0. The molecule has 0 bridgehead atoms. The lowest BCUT2D eigenvalue weighted by atomic mass is 10.1. The van der Waals surface area contributed by atoms with Gasteiger partial charge in [-0.15, -0.1) is 0 Å². The first kappa shape index (κ1) is 17.7. The summed E-state index contributed by atoms with van der Waals surface area (Å²) in [6, 6.07) is 2.15. The fourth-order valence-corrected chi connectivity index (χ4v) is 7.13. The van der Waals surface area contributed by atoms with Crippen molar-refractivity contribution < 1.29 is 21.6 Å². The molecule has 134 valence electrons. The summed E-state index contributed by atoms with van der Waals surface area (Å²) in [5.41, 5.74) is 0. The van der Waals surface area contributed by atoms with Crippen molar-refractivity contribution in [2.24, 2.45) is 0 Å². The lowest BCUT2D eigenvalue weighted by molar-refractivity contribution is 0.0663. The number of sulfone groups is 1. The van der Waals surface area contributed by atoms with Crippen molar-refractivity contribution in [1.29, 1.82) is 0 Å². The molecule has 10 heteroatoms. The molecular weight excluding hydrogens is 354 g/mol. The van der Waals surface area contributed by atoms with E-state index >= 15 is 0 Å². The van der Waals surface area contributed by atoms with E-state index in [4.69, 9.17) is 4.74 Å². The number of fused-ring (bicyclic) bond motifs is 1. The lowest BCUT2D eigenvalue weighted by Gasteiger charge is -2.42. The molecule has 0 unspecified atom stereocenters. The van der Waals surface area contributed by atoms with Gasteiger partial charge in [0.05, 0.1) is 24.2 Å². The Balaban J connectivity index is 1.91. The summed E-state index contributed by atoms with van der Waals surface area (Å²) >= 11 is 0. The molecule has 0 spiro atoms. The van der Waals surface area contributed by atoms with E-state index in [0.29, 0.717) is 19.7 Å². The van der Waals surface area contributed by atoms with E-state index in [1.54, 1.807) is 13.2 Å². The van der Waals surface area contributed by atoms with Crippen molar-refractivity contribution in [3.05, 3.63) is 24.5 Å². The highest BCUT2D eigenvalue weighted by atomic mass is 32.2. The molecule has 3 rings (SSSR count). The van der Waals surface area contributed by atoms with Gasteiger partial charge in [-0.3, -0.25) is 9.88 Å². The van der Waals surface area contributed by atoms with Crippen molar-refractivity contribution in [2.75, 3.05) is 44.9 Å². The molecule has 1 aromatic heterocycles. The normalized spacial score (nSPS) is 27.9. The molecule has 1 aromatic rings. The van der Waals surface area contributed by atoms with E-state index < -0.39 is 25.9 Å². The predicted octanol–water partition coefficient (Wildman–Crippen LogP) is -0.800. The van der Waals surface area contributed by atoms with Crippen molar-refractivity contribution in [1.82, 2.24) is 14.2 Å². The molecular formula is C14H21N3O5S2. The SMILES string of the molecule is COCCN1CCN(S(=O)(=O)c2cccnc2)[C@@H]2CS(=O)(=O)C[C@@H]21. The van der Waals surface area contributed by atoms with E-state index in [1.807, 2.05) is 4.90 Å². The van der Waals surface area contributed by atoms with Crippen molar-refractivity contribution in [3.8, 4) is 0 Å². The van der Waals surface area contributed by atoms with Gasteiger partial charge >= 0.3 is 0 Å². The second-order valence-electron chi connectivity index (χ2n) is 6.04. The Morgan fingerprint density at radius 1 is 1.29 bits per heavy atom. The van der Waals surface area contributed by atoms with Crippen LogP contribution in [0.2, 0.25) is 0 Å². The Bertz CT molecular complexity index is 782. The van der Waals surface area contributed by atoms with E-state index in [2.05, 4.69) is 4.98 Å². The van der Waals surface area contributed by atoms with Crippen LogP contribution in [-0.2, 0) is 24.6 Å². The number of rotatable bonds is 5. The molecule has 0 aliphatic carbocycles. The van der Waals surface area contributed by atoms with E-state index in [1.165, 1.54) is 22.8 Å². The van der Waals surface area contributed by atoms with Gasteiger partial charge in [0.15, 0.2) is 9.84 Å². The molecule has 3 heterocycles. The van der Waals surface area contributed by atoms with Gasteiger partial charge in [-0.1, -0.05) is 0 Å². The second-order valence-corrected chi connectivity index (χ2v) is 10.1. The summed E-state index contributed by atoms with van der Waals surface area (Å²) in [6.45, 7) is 1.82. The lowest BCUT2D eigenvalue weighted by Crippen LogP contribution is -2.60. The van der Waals surface area contributed by atoms with Crippen LogP contribution in [0.3, 0.4) is 0 Å². The highest BCUT2D eigenvalue weighted by Gasteiger charge is 2.50. The van der Waals surface area contributed by atoms with Crippen LogP contribution in [0.4, 0.5) is 0 Å². The average molecular weight is 375 g/mol. The van der Waals surface area contributed by atoms with Gasteiger partial charge < -0.3 is 4.74 Å². The van der Waals surface area contributed by atoms with Crippen LogP contribution >= 0.6 is 0 Å². The number of pyridine rings is 1. The van der Waals surface area contributed by atoms with Crippen LogP contribution in [0.1, 0.15) is 0 Å². The van der Waals surface area contributed by atoms with E-state index in [9.17, 15) is 16.8 Å². The summed E-state index contributed by atoms with van der Waals surface area (Å²) in [4.78, 5) is 5.98. The van der Waals surface area contributed by atoms with Crippen LogP contribution in [0.5, 0.6) is 0 Å². The largest absolute Gasteiger partial charge is 0.383 e. The van der Waals surface area contributed by atoms with Gasteiger partial charge in [0, 0.05) is 45.2 Å². The van der Waals surface area contributed by atoms with Crippen LogP contribution in [0.15, 0.2) is 29.4 Å². The van der Waals surface area contributed by atoms with Gasteiger partial charge in [-0.2, -0.15) is 4.31 Å². The zero-order valence-corrected chi connectivity index (χ0v) is 15.0. The Morgan fingerprint density at radius 2 is 2.04 bits per heavy atom. The van der Waals surface area contributed by atoms with Crippen LogP contribution in [-0.4, -0.2) is 88.0 Å². The smallest absolute Gasteiger partial charge is 0.244 e. The monoisotopic (exact) mass is 375 g/mol. The number of nitrogens with zero attached hydrogens (tertiary/aromatic N) is 3. The zero-order chi connectivity index (χ0) is 17.4. The highest BCUT2D eigenvalue weighted by molar-refractivity contribution is 7.92. The van der Waals surface area contributed by atoms with Gasteiger partial charge in [0.1, 0.15) is 4.90 Å². The minimum atomic E-state index is -3.76. The predicted molar refractivity (Wildman–Crippen MR) is 87.8 cm³/mol. The first-order chi connectivity index (χ1) is 11.3. The number of aromatic nitrogens is 1. The number of hydrogen-bond donors (Lipinski definition) is 0. The minimum Gasteiger partial charge on any atom is -0.383 e. The maximum absolute atomic E-state index is 12.9. The van der Waals surface area contributed by atoms with Crippen molar-refractivity contribution in [2.45, 2.75) is 17.0 Å². The van der Waals surface area contributed by atoms with Crippen LogP contribution < -0.4 is 0 Å². The third-order valence-electron chi connectivity index (χ3n) is 4.56. The zero-order valence-electron chi connectivity index (χ0n) is 13.4. The molecule has 24 heavy (non-hydrogen) atoms. The number of sulfonamides is 1. The molecule has 2 atom stereocenters. The molecule has 2 fully saturated rings. The first-order valence-electron chi connectivity index (χ1n) is 7.70. The molecule has 0 saturated carbocycles. The fraction of sp³-hybridized carbons (Fsp3) is 0.643. The Kier molecular flexibility index (Phi) is 4.94. The maximum atomic E-state index is 12.9. The Labute approximate surface area is 142 Å². The number of hydrogen-bond acceptors (Lipinski definition) is 7. The summed E-state index contributed by atoms with van der Waals surface area (Å²) < 4.78 is 56.5. The average Bonchev–Trinajstić information content (AvgIpc) is 2.88. The molecule has 2 saturated heterocycles. The van der Waals surface area contributed by atoms with E-state index in [0.717, 1.165) is 0 Å². The minimum absolute atomic E-state index is 0.0135. The number of piperazine rings is 1. The highest BCUT2D eigenvalue weighted by Crippen LogP contribution is 2.30. The Hall–Kier alpha value is -1.07. The van der Waals surface area contributed by atoms with Crippen molar-refractivity contribution in [3.63, 3.8) is 0 Å².